The zero-order valence-electron chi connectivity index (χ0n) is 19.7. The van der Waals surface area contributed by atoms with E-state index in [0.29, 0.717) is 6.42 Å². The number of ether oxygens (including phenoxy) is 2. The third-order valence-corrected chi connectivity index (χ3v) is 10.1. The molecule has 1 unspecified atom stereocenters. The second kappa shape index (κ2) is 8.80. The van der Waals surface area contributed by atoms with Crippen molar-refractivity contribution in [2.24, 2.45) is 0 Å². The summed E-state index contributed by atoms with van der Waals surface area (Å²) < 4.78 is 19.4. The van der Waals surface area contributed by atoms with Crippen LogP contribution in [0.25, 0.3) is 0 Å². The zero-order chi connectivity index (χ0) is 22.9. The quantitative estimate of drug-likeness (QED) is 0.670. The summed E-state index contributed by atoms with van der Waals surface area (Å²) in [5.74, 6) is 0.143. The fraction of sp³-hybridized carbons (Fsp3) is 0.762. The summed E-state index contributed by atoms with van der Waals surface area (Å²) in [5, 5.41) is 2.58. The van der Waals surface area contributed by atoms with Crippen LogP contribution in [0.1, 0.15) is 67.5 Å². The molecule has 1 aromatic heterocycles. The molecule has 3 atom stereocenters. The molecule has 1 amide bonds. The molecule has 1 aromatic rings. The molecule has 1 saturated heterocycles. The molecule has 1 N–H and O–H groups in total. The molecule has 0 spiro atoms. The molecule has 2 rings (SSSR count). The number of anilines is 1. The molecule has 0 saturated carbocycles. The maximum atomic E-state index is 12.6. The van der Waals surface area contributed by atoms with Crippen LogP contribution in [0.5, 0.6) is 0 Å². The van der Waals surface area contributed by atoms with Gasteiger partial charge in [0, 0.05) is 12.6 Å². The lowest BCUT2D eigenvalue weighted by Crippen LogP contribution is -2.45. The van der Waals surface area contributed by atoms with Crippen molar-refractivity contribution in [2.75, 3.05) is 5.32 Å². The van der Waals surface area contributed by atoms with Crippen molar-refractivity contribution in [1.29, 1.82) is 0 Å². The monoisotopic (exact) mass is 439 g/mol. The number of hydrogen-bond acceptors (Lipinski definition) is 6. The van der Waals surface area contributed by atoms with E-state index in [1.54, 1.807) is 33.0 Å². The van der Waals surface area contributed by atoms with E-state index in [-0.39, 0.29) is 23.1 Å². The van der Waals surface area contributed by atoms with Gasteiger partial charge in [-0.2, -0.15) is 4.98 Å². The highest BCUT2D eigenvalue weighted by molar-refractivity contribution is 6.74. The van der Waals surface area contributed by atoms with Crippen LogP contribution in [0.3, 0.4) is 0 Å². The average Bonchev–Trinajstić information content (AvgIpc) is 2.93. The highest BCUT2D eigenvalue weighted by Gasteiger charge is 2.44. The predicted octanol–water partition coefficient (Wildman–Crippen LogP) is 4.68. The van der Waals surface area contributed by atoms with Crippen molar-refractivity contribution in [1.82, 2.24) is 9.55 Å². The average molecular weight is 440 g/mol. The standard InChI is InChI=1S/C21H37N3O5Si/c1-10-14-15(29-30(8,9)21(5,6)7)13-17(27-14)24-12-11-16(22-18(24)25)23-19(26)28-20(2,3)4/h11-12,14-15,17H,10,13H2,1-9H3,(H,22,23,25,26)/t14-,15?,17-/m1/s1. The summed E-state index contributed by atoms with van der Waals surface area (Å²) in [6, 6.07) is 1.57. The van der Waals surface area contributed by atoms with Crippen LogP contribution in [-0.4, -0.2) is 41.8 Å². The summed E-state index contributed by atoms with van der Waals surface area (Å²) in [6.45, 7) is 18.4. The van der Waals surface area contributed by atoms with Crippen molar-refractivity contribution >= 4 is 20.2 Å². The van der Waals surface area contributed by atoms with E-state index in [0.717, 1.165) is 6.42 Å². The number of aromatic nitrogens is 2. The number of carbonyl (C=O) groups excluding carboxylic acids is 1. The Morgan fingerprint density at radius 1 is 1.30 bits per heavy atom. The molecule has 8 nitrogen and oxygen atoms in total. The minimum absolute atomic E-state index is 0.0626. The van der Waals surface area contributed by atoms with E-state index in [4.69, 9.17) is 13.9 Å². The number of amides is 1. The number of rotatable bonds is 5. The first-order chi connectivity index (χ1) is 13.6. The fourth-order valence-electron chi connectivity index (χ4n) is 3.02. The lowest BCUT2D eigenvalue weighted by molar-refractivity contribution is -0.0197. The fourth-order valence-corrected chi connectivity index (χ4v) is 4.38. The predicted molar refractivity (Wildman–Crippen MR) is 119 cm³/mol. The van der Waals surface area contributed by atoms with Crippen molar-refractivity contribution in [3.8, 4) is 0 Å². The third-order valence-electron chi connectivity index (χ3n) is 5.60. The van der Waals surface area contributed by atoms with Crippen molar-refractivity contribution in [3.63, 3.8) is 0 Å². The SMILES string of the molecule is CC[C@H]1O[C@@H](n2ccc(NC(=O)OC(C)(C)C)nc2=O)CC1O[Si](C)(C)C(C)(C)C. The van der Waals surface area contributed by atoms with E-state index in [1.807, 2.05) is 0 Å². The van der Waals surface area contributed by atoms with Gasteiger partial charge in [0.15, 0.2) is 8.32 Å². The Hall–Kier alpha value is -1.71. The zero-order valence-corrected chi connectivity index (χ0v) is 20.7. The molecule has 0 aliphatic carbocycles. The lowest BCUT2D eigenvalue weighted by Gasteiger charge is -2.39. The van der Waals surface area contributed by atoms with Crippen LogP contribution >= 0.6 is 0 Å². The maximum Gasteiger partial charge on any atom is 0.413 e. The minimum Gasteiger partial charge on any atom is -0.444 e. The van der Waals surface area contributed by atoms with Crippen molar-refractivity contribution < 1.29 is 18.7 Å². The first-order valence-electron chi connectivity index (χ1n) is 10.6. The van der Waals surface area contributed by atoms with Gasteiger partial charge in [0.1, 0.15) is 17.6 Å². The van der Waals surface area contributed by atoms with E-state index >= 15 is 0 Å². The van der Waals surface area contributed by atoms with Crippen molar-refractivity contribution in [2.45, 2.75) is 103 Å². The van der Waals surface area contributed by atoms with Crippen LogP contribution in [0.2, 0.25) is 18.1 Å². The molecule has 30 heavy (non-hydrogen) atoms. The van der Waals surface area contributed by atoms with E-state index < -0.39 is 31.9 Å². The van der Waals surface area contributed by atoms with Gasteiger partial charge < -0.3 is 13.9 Å². The third kappa shape index (κ3) is 6.15. The topological polar surface area (TPSA) is 91.7 Å². The molecular weight excluding hydrogens is 402 g/mol. The van der Waals surface area contributed by atoms with Crippen LogP contribution in [0.15, 0.2) is 17.1 Å². The number of hydrogen-bond donors (Lipinski definition) is 1. The van der Waals surface area contributed by atoms with Crippen LogP contribution in [-0.2, 0) is 13.9 Å². The summed E-state index contributed by atoms with van der Waals surface area (Å²) in [6.07, 6.45) is 1.75. The van der Waals surface area contributed by atoms with Gasteiger partial charge >= 0.3 is 11.8 Å². The van der Waals surface area contributed by atoms with E-state index in [1.165, 1.54) is 4.57 Å². The summed E-state index contributed by atoms with van der Waals surface area (Å²) >= 11 is 0. The molecule has 9 heteroatoms. The Morgan fingerprint density at radius 3 is 2.43 bits per heavy atom. The molecule has 0 radical (unpaired) electrons. The Balaban J connectivity index is 2.13. The Morgan fingerprint density at radius 2 is 1.93 bits per heavy atom. The number of carbonyl (C=O) groups is 1. The molecular formula is C21H37N3O5Si. The van der Waals surface area contributed by atoms with Crippen LogP contribution in [0.4, 0.5) is 10.6 Å². The normalized spacial score (nSPS) is 22.8. The Kier molecular flexibility index (Phi) is 7.20. The lowest BCUT2D eigenvalue weighted by atomic mass is 10.1. The maximum absolute atomic E-state index is 12.6. The first kappa shape index (κ1) is 24.6. The van der Waals surface area contributed by atoms with Gasteiger partial charge in [0.05, 0.1) is 12.2 Å². The van der Waals surface area contributed by atoms with Gasteiger partial charge in [-0.05, 0) is 51.4 Å². The van der Waals surface area contributed by atoms with Gasteiger partial charge in [-0.1, -0.05) is 27.7 Å². The second-order valence-corrected chi connectivity index (χ2v) is 15.1. The summed E-state index contributed by atoms with van der Waals surface area (Å²) in [5.41, 5.74) is -1.12. The molecule has 2 heterocycles. The van der Waals surface area contributed by atoms with Crippen LogP contribution in [0, 0.1) is 0 Å². The Bertz CT molecular complexity index is 810. The minimum atomic E-state index is -1.96. The van der Waals surface area contributed by atoms with Gasteiger partial charge in [-0.15, -0.1) is 0 Å². The van der Waals surface area contributed by atoms with E-state index in [9.17, 15) is 9.59 Å². The molecule has 1 aliphatic heterocycles. The van der Waals surface area contributed by atoms with Gasteiger partial charge in [-0.25, -0.2) is 9.59 Å². The van der Waals surface area contributed by atoms with Gasteiger partial charge in [0.2, 0.25) is 0 Å². The van der Waals surface area contributed by atoms with E-state index in [2.05, 4.69) is 51.1 Å². The van der Waals surface area contributed by atoms with Crippen LogP contribution < -0.4 is 11.0 Å². The molecule has 0 bridgehead atoms. The highest BCUT2D eigenvalue weighted by Crippen LogP contribution is 2.41. The van der Waals surface area contributed by atoms with Crippen molar-refractivity contribution in [3.05, 3.63) is 22.7 Å². The smallest absolute Gasteiger partial charge is 0.413 e. The molecule has 0 aromatic carbocycles. The molecule has 170 valence electrons. The van der Waals surface area contributed by atoms with Gasteiger partial charge in [-0.3, -0.25) is 9.88 Å². The number of nitrogens with zero attached hydrogens (tertiary/aromatic N) is 2. The molecule has 1 fully saturated rings. The highest BCUT2D eigenvalue weighted by atomic mass is 28.4. The molecule has 1 aliphatic rings. The summed E-state index contributed by atoms with van der Waals surface area (Å²) in [7, 11) is -1.96. The second-order valence-electron chi connectivity index (χ2n) is 10.3. The number of nitrogens with one attached hydrogen (secondary N) is 1. The summed E-state index contributed by atoms with van der Waals surface area (Å²) in [4.78, 5) is 28.4. The van der Waals surface area contributed by atoms with Gasteiger partial charge in [0.25, 0.3) is 0 Å². The largest absolute Gasteiger partial charge is 0.444 e. The first-order valence-corrected chi connectivity index (χ1v) is 13.5. The Labute approximate surface area is 180 Å².